The molecule has 0 heterocycles. The fraction of sp³-hybridized carbons (Fsp3) is 0.636. The van der Waals surface area contributed by atoms with Crippen molar-refractivity contribution in [3.8, 4) is 0 Å². The fourth-order valence-corrected chi connectivity index (χ4v) is 2.44. The second kappa shape index (κ2) is 2.84. The van der Waals surface area contributed by atoms with Crippen LogP contribution in [0.15, 0.2) is 23.8 Å². The highest BCUT2D eigenvalue weighted by molar-refractivity contribution is 5.26. The molecule has 0 aromatic rings. The lowest BCUT2D eigenvalue weighted by atomic mass is 9.88. The maximum atomic E-state index is 2.38. The van der Waals surface area contributed by atoms with Gasteiger partial charge in [-0.15, -0.1) is 0 Å². The molecule has 0 aromatic carbocycles. The van der Waals surface area contributed by atoms with Crippen LogP contribution in [0.25, 0.3) is 0 Å². The topological polar surface area (TPSA) is 0 Å². The third kappa shape index (κ3) is 1.26. The van der Waals surface area contributed by atoms with Crippen LogP contribution in [0.4, 0.5) is 0 Å². The van der Waals surface area contributed by atoms with E-state index < -0.39 is 0 Å². The quantitative estimate of drug-likeness (QED) is 0.535. The summed E-state index contributed by atoms with van der Waals surface area (Å²) in [5.74, 6) is 1.78. The molecule has 0 nitrogen and oxygen atoms in total. The van der Waals surface area contributed by atoms with Crippen molar-refractivity contribution in [1.82, 2.24) is 0 Å². The van der Waals surface area contributed by atoms with Crippen LogP contribution in [0.1, 0.15) is 32.6 Å². The van der Waals surface area contributed by atoms with Crippen LogP contribution in [0.2, 0.25) is 0 Å². The first-order valence-electron chi connectivity index (χ1n) is 4.73. The van der Waals surface area contributed by atoms with Gasteiger partial charge in [0.2, 0.25) is 0 Å². The zero-order valence-electron chi connectivity index (χ0n) is 7.22. The predicted molar refractivity (Wildman–Crippen MR) is 48.3 cm³/mol. The van der Waals surface area contributed by atoms with Gasteiger partial charge in [0.05, 0.1) is 0 Å². The summed E-state index contributed by atoms with van der Waals surface area (Å²) < 4.78 is 0. The summed E-state index contributed by atoms with van der Waals surface area (Å²) >= 11 is 0. The van der Waals surface area contributed by atoms with Crippen LogP contribution < -0.4 is 0 Å². The minimum Gasteiger partial charge on any atom is -0.0771 e. The van der Waals surface area contributed by atoms with E-state index in [4.69, 9.17) is 0 Å². The summed E-state index contributed by atoms with van der Waals surface area (Å²) in [7, 11) is 0. The van der Waals surface area contributed by atoms with Crippen LogP contribution in [-0.2, 0) is 0 Å². The van der Waals surface area contributed by atoms with Crippen molar-refractivity contribution >= 4 is 0 Å². The van der Waals surface area contributed by atoms with E-state index in [0.717, 1.165) is 11.8 Å². The zero-order chi connectivity index (χ0) is 7.68. The van der Waals surface area contributed by atoms with Crippen molar-refractivity contribution in [2.24, 2.45) is 11.8 Å². The second-order valence-electron chi connectivity index (χ2n) is 3.87. The van der Waals surface area contributed by atoms with E-state index in [2.05, 4.69) is 25.2 Å². The molecule has 2 aliphatic carbocycles. The smallest absolute Gasteiger partial charge is 0.000849 e. The highest BCUT2D eigenvalue weighted by Crippen LogP contribution is 2.37. The molecule has 0 saturated heterocycles. The highest BCUT2D eigenvalue weighted by atomic mass is 14.3. The van der Waals surface area contributed by atoms with Crippen LogP contribution in [0.5, 0.6) is 0 Å². The average molecular weight is 148 g/mol. The minimum absolute atomic E-state index is 0.803. The SMILES string of the molecule is CC1=CC=CC1C1CCCC1. The third-order valence-electron chi connectivity index (χ3n) is 3.11. The standard InChI is InChI=1S/C11H16/c1-9-5-4-8-11(9)10-6-2-3-7-10/h4-5,8,10-11H,2-3,6-7H2,1H3. The lowest BCUT2D eigenvalue weighted by Crippen LogP contribution is -2.07. The van der Waals surface area contributed by atoms with Crippen molar-refractivity contribution < 1.29 is 0 Å². The highest BCUT2D eigenvalue weighted by Gasteiger charge is 2.25. The lowest BCUT2D eigenvalue weighted by molar-refractivity contribution is 0.456. The predicted octanol–water partition coefficient (Wildman–Crippen LogP) is 3.31. The number of hydrogen-bond acceptors (Lipinski definition) is 0. The summed E-state index contributed by atoms with van der Waals surface area (Å²) in [5, 5.41) is 0. The van der Waals surface area contributed by atoms with E-state index >= 15 is 0 Å². The average Bonchev–Trinajstić information content (AvgIpc) is 2.55. The van der Waals surface area contributed by atoms with Crippen molar-refractivity contribution in [1.29, 1.82) is 0 Å². The normalized spacial score (nSPS) is 31.4. The summed E-state index contributed by atoms with van der Waals surface area (Å²) in [6.45, 7) is 2.27. The maximum Gasteiger partial charge on any atom is 0.000849 e. The van der Waals surface area contributed by atoms with E-state index in [9.17, 15) is 0 Å². The largest absolute Gasteiger partial charge is 0.0771 e. The number of hydrogen-bond donors (Lipinski definition) is 0. The Morgan fingerprint density at radius 2 is 2.00 bits per heavy atom. The lowest BCUT2D eigenvalue weighted by Gasteiger charge is -2.17. The first-order valence-corrected chi connectivity index (χ1v) is 4.73. The van der Waals surface area contributed by atoms with Crippen LogP contribution in [0, 0.1) is 11.8 Å². The molecule has 2 aliphatic rings. The first kappa shape index (κ1) is 7.15. The molecule has 1 saturated carbocycles. The molecule has 0 N–H and O–H groups in total. The Labute approximate surface area is 69.0 Å². The van der Waals surface area contributed by atoms with E-state index in [1.54, 1.807) is 5.57 Å². The summed E-state index contributed by atoms with van der Waals surface area (Å²) in [5.41, 5.74) is 1.58. The molecule has 1 atom stereocenters. The van der Waals surface area contributed by atoms with Crippen molar-refractivity contribution in [2.75, 3.05) is 0 Å². The number of allylic oxidation sites excluding steroid dienone is 4. The van der Waals surface area contributed by atoms with E-state index in [1.165, 1.54) is 25.7 Å². The van der Waals surface area contributed by atoms with Crippen LogP contribution >= 0.6 is 0 Å². The van der Waals surface area contributed by atoms with E-state index in [-0.39, 0.29) is 0 Å². The molecule has 2 rings (SSSR count). The summed E-state index contributed by atoms with van der Waals surface area (Å²) in [6.07, 6.45) is 12.7. The Kier molecular flexibility index (Phi) is 1.85. The molecule has 0 heteroatoms. The third-order valence-corrected chi connectivity index (χ3v) is 3.11. The summed E-state index contributed by atoms with van der Waals surface area (Å²) in [4.78, 5) is 0. The van der Waals surface area contributed by atoms with Gasteiger partial charge in [-0.3, -0.25) is 0 Å². The molecular weight excluding hydrogens is 132 g/mol. The van der Waals surface area contributed by atoms with Gasteiger partial charge in [-0.2, -0.15) is 0 Å². The van der Waals surface area contributed by atoms with Crippen LogP contribution in [0.3, 0.4) is 0 Å². The van der Waals surface area contributed by atoms with Gasteiger partial charge in [-0.25, -0.2) is 0 Å². The molecular formula is C11H16. The van der Waals surface area contributed by atoms with Gasteiger partial charge in [-0.05, 0) is 25.7 Å². The van der Waals surface area contributed by atoms with Crippen molar-refractivity contribution in [3.63, 3.8) is 0 Å². The van der Waals surface area contributed by atoms with Gasteiger partial charge in [0.25, 0.3) is 0 Å². The molecule has 11 heavy (non-hydrogen) atoms. The Bertz CT molecular complexity index is 192. The van der Waals surface area contributed by atoms with E-state index in [0.29, 0.717) is 0 Å². The van der Waals surface area contributed by atoms with Gasteiger partial charge in [0.1, 0.15) is 0 Å². The van der Waals surface area contributed by atoms with Gasteiger partial charge >= 0.3 is 0 Å². The monoisotopic (exact) mass is 148 g/mol. The molecule has 0 spiro atoms. The van der Waals surface area contributed by atoms with Gasteiger partial charge in [0.15, 0.2) is 0 Å². The van der Waals surface area contributed by atoms with Gasteiger partial charge in [-0.1, -0.05) is 36.6 Å². The Morgan fingerprint density at radius 1 is 1.27 bits per heavy atom. The first-order chi connectivity index (χ1) is 5.38. The summed E-state index contributed by atoms with van der Waals surface area (Å²) in [6, 6.07) is 0. The molecule has 0 radical (unpaired) electrons. The molecule has 0 bridgehead atoms. The molecule has 1 unspecified atom stereocenters. The molecule has 0 aliphatic heterocycles. The second-order valence-corrected chi connectivity index (χ2v) is 3.87. The zero-order valence-corrected chi connectivity index (χ0v) is 7.22. The maximum absolute atomic E-state index is 2.38. The molecule has 60 valence electrons. The van der Waals surface area contributed by atoms with Gasteiger partial charge in [0, 0.05) is 5.92 Å². The van der Waals surface area contributed by atoms with Crippen LogP contribution in [-0.4, -0.2) is 0 Å². The molecule has 1 fully saturated rings. The van der Waals surface area contributed by atoms with Gasteiger partial charge < -0.3 is 0 Å². The Morgan fingerprint density at radius 3 is 2.55 bits per heavy atom. The Balaban J connectivity index is 2.04. The number of rotatable bonds is 1. The minimum atomic E-state index is 0.803. The van der Waals surface area contributed by atoms with E-state index in [1.807, 2.05) is 0 Å². The Hall–Kier alpha value is -0.520. The molecule has 0 amide bonds. The van der Waals surface area contributed by atoms with Crippen molar-refractivity contribution in [2.45, 2.75) is 32.6 Å². The fourth-order valence-electron chi connectivity index (χ4n) is 2.44. The molecule has 0 aromatic heterocycles. The van der Waals surface area contributed by atoms with Crippen molar-refractivity contribution in [3.05, 3.63) is 23.8 Å².